The molecule has 0 radical (unpaired) electrons. The first-order valence-corrected chi connectivity index (χ1v) is 9.05. The largest absolute Gasteiger partial charge is 0.484 e. The number of benzene rings is 2. The number of nitrogens with one attached hydrogen (secondary N) is 3. The summed E-state index contributed by atoms with van der Waals surface area (Å²) in [5.41, 5.74) is 5.27. The van der Waals surface area contributed by atoms with Gasteiger partial charge in [0, 0.05) is 6.07 Å². The zero-order chi connectivity index (χ0) is 21.4. The van der Waals surface area contributed by atoms with E-state index in [1.54, 1.807) is 12.1 Å². The summed E-state index contributed by atoms with van der Waals surface area (Å²) in [6.07, 6.45) is 0. The highest BCUT2D eigenvalue weighted by atomic mass is 32.1. The third-order valence-corrected chi connectivity index (χ3v) is 4.01. The predicted octanol–water partition coefficient (Wildman–Crippen LogP) is 2.43. The monoisotopic (exact) mass is 416 g/mol. The molecule has 2 amide bonds. The molecule has 0 aromatic heterocycles. The molecule has 0 saturated carbocycles. The van der Waals surface area contributed by atoms with Crippen molar-refractivity contribution in [2.75, 3.05) is 6.61 Å². The van der Waals surface area contributed by atoms with Gasteiger partial charge >= 0.3 is 0 Å². The number of carbonyl (C=O) groups excluding carboxylic acids is 2. The van der Waals surface area contributed by atoms with E-state index in [0.29, 0.717) is 11.7 Å². The minimum Gasteiger partial charge on any atom is -0.484 e. The van der Waals surface area contributed by atoms with Crippen LogP contribution in [0.15, 0.2) is 48.5 Å². The van der Waals surface area contributed by atoms with Crippen LogP contribution in [0.3, 0.4) is 0 Å². The van der Waals surface area contributed by atoms with Crippen LogP contribution in [0, 0.1) is 10.1 Å². The molecule has 2 aromatic rings. The molecular weight excluding hydrogens is 396 g/mol. The lowest BCUT2D eigenvalue weighted by atomic mass is 10.0. The highest BCUT2D eigenvalue weighted by Crippen LogP contribution is 2.18. The van der Waals surface area contributed by atoms with Crippen LogP contribution in [0.1, 0.15) is 35.7 Å². The van der Waals surface area contributed by atoms with Gasteiger partial charge in [-0.3, -0.25) is 35.9 Å². The minimum absolute atomic E-state index is 0.152. The van der Waals surface area contributed by atoms with Crippen LogP contribution >= 0.6 is 12.2 Å². The standard InChI is InChI=1S/C19H20N4O5S/c1-12(2)13-7-9-14(10-8-13)28-11-17(24)21-22-19(29)20-18(25)15-5-3-4-6-16(15)23(26)27/h3-10,12H,11H2,1-2H3,(H,21,24)(H2,20,22,25,29). The quantitative estimate of drug-likeness (QED) is 0.375. The van der Waals surface area contributed by atoms with Crippen molar-refractivity contribution in [1.29, 1.82) is 0 Å². The molecule has 0 bridgehead atoms. The van der Waals surface area contributed by atoms with E-state index in [9.17, 15) is 19.7 Å². The van der Waals surface area contributed by atoms with E-state index in [-0.39, 0.29) is 23.0 Å². The molecule has 0 aliphatic rings. The second kappa shape index (κ2) is 10.1. The van der Waals surface area contributed by atoms with E-state index >= 15 is 0 Å². The van der Waals surface area contributed by atoms with Gasteiger partial charge in [-0.2, -0.15) is 0 Å². The van der Waals surface area contributed by atoms with E-state index < -0.39 is 16.7 Å². The van der Waals surface area contributed by atoms with Crippen molar-refractivity contribution in [2.24, 2.45) is 0 Å². The molecule has 152 valence electrons. The molecule has 2 aromatic carbocycles. The van der Waals surface area contributed by atoms with E-state index in [4.69, 9.17) is 17.0 Å². The van der Waals surface area contributed by atoms with Crippen LogP contribution in [0.5, 0.6) is 5.75 Å². The second-order valence-corrected chi connectivity index (χ2v) is 6.65. The summed E-state index contributed by atoms with van der Waals surface area (Å²) in [7, 11) is 0. The number of nitrogens with zero attached hydrogens (tertiary/aromatic N) is 1. The number of amides is 2. The lowest BCUT2D eigenvalue weighted by Gasteiger charge is -2.12. The molecule has 0 atom stereocenters. The first-order valence-electron chi connectivity index (χ1n) is 8.64. The number of hydrazine groups is 1. The van der Waals surface area contributed by atoms with Crippen LogP contribution in [0.4, 0.5) is 5.69 Å². The Bertz CT molecular complexity index is 915. The average Bonchev–Trinajstić information content (AvgIpc) is 2.70. The molecule has 0 heterocycles. The van der Waals surface area contributed by atoms with Crippen molar-refractivity contribution in [1.82, 2.24) is 16.2 Å². The van der Waals surface area contributed by atoms with Crippen molar-refractivity contribution >= 4 is 34.8 Å². The van der Waals surface area contributed by atoms with Crippen molar-refractivity contribution < 1.29 is 19.2 Å². The molecule has 0 fully saturated rings. The summed E-state index contributed by atoms with van der Waals surface area (Å²) < 4.78 is 5.37. The molecule has 0 spiro atoms. The lowest BCUT2D eigenvalue weighted by Crippen LogP contribution is -2.49. The smallest absolute Gasteiger partial charge is 0.282 e. The Morgan fingerprint density at radius 2 is 1.76 bits per heavy atom. The van der Waals surface area contributed by atoms with Crippen LogP contribution < -0.4 is 20.9 Å². The zero-order valence-corrected chi connectivity index (χ0v) is 16.6. The van der Waals surface area contributed by atoms with Gasteiger partial charge in [0.05, 0.1) is 4.92 Å². The topological polar surface area (TPSA) is 123 Å². The van der Waals surface area contributed by atoms with Gasteiger partial charge in [-0.1, -0.05) is 38.1 Å². The number of nitro benzene ring substituents is 1. The fourth-order valence-electron chi connectivity index (χ4n) is 2.29. The first-order chi connectivity index (χ1) is 13.8. The van der Waals surface area contributed by atoms with Gasteiger partial charge in [0.1, 0.15) is 11.3 Å². The Labute approximate surface area is 172 Å². The number of para-hydroxylation sites is 1. The van der Waals surface area contributed by atoms with Gasteiger partial charge in [-0.25, -0.2) is 0 Å². The third kappa shape index (κ3) is 6.54. The number of thiocarbonyl (C=S) groups is 1. The molecule has 29 heavy (non-hydrogen) atoms. The number of hydrogen-bond acceptors (Lipinski definition) is 6. The fourth-order valence-corrected chi connectivity index (χ4v) is 2.43. The Morgan fingerprint density at radius 1 is 1.10 bits per heavy atom. The summed E-state index contributed by atoms with van der Waals surface area (Å²) in [6.45, 7) is 3.88. The molecule has 0 aliphatic carbocycles. The molecule has 9 nitrogen and oxygen atoms in total. The number of nitro groups is 1. The van der Waals surface area contributed by atoms with E-state index in [0.717, 1.165) is 5.56 Å². The van der Waals surface area contributed by atoms with Crippen molar-refractivity contribution in [2.45, 2.75) is 19.8 Å². The van der Waals surface area contributed by atoms with Gasteiger partial charge in [0.2, 0.25) is 0 Å². The third-order valence-electron chi connectivity index (χ3n) is 3.80. The maximum atomic E-state index is 12.1. The number of ether oxygens (including phenoxy) is 1. The van der Waals surface area contributed by atoms with Gasteiger partial charge < -0.3 is 4.74 Å². The minimum atomic E-state index is -0.773. The second-order valence-electron chi connectivity index (χ2n) is 6.24. The number of rotatable bonds is 6. The molecule has 0 saturated heterocycles. The maximum Gasteiger partial charge on any atom is 0.282 e. The molecular formula is C19H20N4O5S. The van der Waals surface area contributed by atoms with Gasteiger partial charge in [0.25, 0.3) is 17.5 Å². The summed E-state index contributed by atoms with van der Waals surface area (Å²) in [4.78, 5) is 34.3. The zero-order valence-electron chi connectivity index (χ0n) is 15.8. The summed E-state index contributed by atoms with van der Waals surface area (Å²) in [6, 6.07) is 12.8. The lowest BCUT2D eigenvalue weighted by molar-refractivity contribution is -0.385. The first kappa shape index (κ1) is 21.8. The van der Waals surface area contributed by atoms with Crippen LogP contribution in [-0.2, 0) is 4.79 Å². The SMILES string of the molecule is CC(C)c1ccc(OCC(=O)NNC(=S)NC(=O)c2ccccc2[N+](=O)[O-])cc1. The Kier molecular flexibility index (Phi) is 7.61. The summed E-state index contributed by atoms with van der Waals surface area (Å²) >= 11 is 4.91. The summed E-state index contributed by atoms with van der Waals surface area (Å²) in [5.74, 6) is -0.368. The normalized spacial score (nSPS) is 10.2. The van der Waals surface area contributed by atoms with E-state index in [1.807, 2.05) is 12.1 Å². The number of hydrogen-bond donors (Lipinski definition) is 3. The fraction of sp³-hybridized carbons (Fsp3) is 0.211. The van der Waals surface area contributed by atoms with E-state index in [1.165, 1.54) is 24.3 Å². The van der Waals surface area contributed by atoms with Crippen molar-refractivity contribution in [3.63, 3.8) is 0 Å². The van der Waals surface area contributed by atoms with Crippen LogP contribution in [0.25, 0.3) is 0 Å². The molecule has 0 aliphatic heterocycles. The highest BCUT2D eigenvalue weighted by Gasteiger charge is 2.19. The molecule has 2 rings (SSSR count). The van der Waals surface area contributed by atoms with Gasteiger partial charge in [-0.15, -0.1) is 0 Å². The Balaban J connectivity index is 1.79. The van der Waals surface area contributed by atoms with Gasteiger partial charge in [0.15, 0.2) is 11.7 Å². The molecule has 3 N–H and O–H groups in total. The molecule has 10 heteroatoms. The molecule has 0 unspecified atom stereocenters. The van der Waals surface area contributed by atoms with Crippen LogP contribution in [-0.4, -0.2) is 28.5 Å². The Hall–Kier alpha value is -3.53. The number of carbonyl (C=O) groups is 2. The summed E-state index contributed by atoms with van der Waals surface area (Å²) in [5, 5.41) is 13.0. The van der Waals surface area contributed by atoms with Crippen molar-refractivity contribution in [3.05, 3.63) is 69.8 Å². The maximum absolute atomic E-state index is 12.1. The average molecular weight is 416 g/mol. The van der Waals surface area contributed by atoms with Crippen molar-refractivity contribution in [3.8, 4) is 5.75 Å². The van der Waals surface area contributed by atoms with E-state index in [2.05, 4.69) is 30.0 Å². The predicted molar refractivity (Wildman–Crippen MR) is 110 cm³/mol. The highest BCUT2D eigenvalue weighted by molar-refractivity contribution is 7.80. The van der Waals surface area contributed by atoms with Crippen LogP contribution in [0.2, 0.25) is 0 Å². The van der Waals surface area contributed by atoms with Gasteiger partial charge in [-0.05, 0) is 41.9 Å². The Morgan fingerprint density at radius 3 is 2.38 bits per heavy atom.